The Labute approximate surface area is 163 Å². The number of aromatic nitrogens is 2. The molecule has 0 atom stereocenters. The monoisotopic (exact) mass is 374 g/mol. The Kier molecular flexibility index (Phi) is 4.31. The molecule has 2 aliphatic rings. The Bertz CT molecular complexity index is 907. The summed E-state index contributed by atoms with van der Waals surface area (Å²) in [5.41, 5.74) is 2.12. The van der Waals surface area contributed by atoms with Crippen LogP contribution in [0.15, 0.2) is 65.2 Å². The highest BCUT2D eigenvalue weighted by Crippen LogP contribution is 2.39. The van der Waals surface area contributed by atoms with Crippen molar-refractivity contribution in [3.05, 3.63) is 83.5 Å². The number of nitrogens with one attached hydrogen (secondary N) is 1. The summed E-state index contributed by atoms with van der Waals surface area (Å²) in [5, 5.41) is 7.25. The number of rotatable bonds is 5. The first-order valence-electron chi connectivity index (χ1n) is 9.77. The number of carbonyl (C=O) groups excluding carboxylic acids is 1. The van der Waals surface area contributed by atoms with Gasteiger partial charge in [0.2, 0.25) is 5.89 Å². The fraction of sp³-hybridized carbons (Fsp3) is 0.318. The average Bonchev–Trinajstić information content (AvgIpc) is 3.45. The molecule has 2 amide bonds. The standard InChI is InChI=1S/C22H22N4O2/c27-22(26-13-18(14-26)21-24-20(25-28-21)17-11-12-17)23-19(15-7-3-1-4-8-15)16-9-5-2-6-10-16/h1-10,17-19H,11-14H2,(H,23,27). The molecule has 2 heterocycles. The van der Waals surface area contributed by atoms with Gasteiger partial charge in [0.15, 0.2) is 5.82 Å². The summed E-state index contributed by atoms with van der Waals surface area (Å²) in [5.74, 6) is 2.10. The van der Waals surface area contributed by atoms with Crippen molar-refractivity contribution in [2.75, 3.05) is 13.1 Å². The van der Waals surface area contributed by atoms with Crippen LogP contribution < -0.4 is 5.32 Å². The lowest BCUT2D eigenvalue weighted by molar-refractivity contribution is 0.135. The summed E-state index contributed by atoms with van der Waals surface area (Å²) in [4.78, 5) is 19.1. The van der Waals surface area contributed by atoms with Gasteiger partial charge in [0.1, 0.15) is 0 Å². The minimum absolute atomic E-state index is 0.0733. The molecule has 0 radical (unpaired) electrons. The molecular weight excluding hydrogens is 352 g/mol. The van der Waals surface area contributed by atoms with Crippen molar-refractivity contribution in [2.45, 2.75) is 30.7 Å². The minimum Gasteiger partial charge on any atom is -0.339 e. The number of benzene rings is 2. The smallest absolute Gasteiger partial charge is 0.318 e. The van der Waals surface area contributed by atoms with Crippen LogP contribution in [0, 0.1) is 0 Å². The van der Waals surface area contributed by atoms with E-state index in [1.807, 2.05) is 60.7 Å². The molecule has 5 rings (SSSR count). The Hall–Kier alpha value is -3.15. The maximum absolute atomic E-state index is 12.8. The molecule has 1 saturated carbocycles. The lowest BCUT2D eigenvalue weighted by Crippen LogP contribution is -2.53. The summed E-state index contributed by atoms with van der Waals surface area (Å²) in [7, 11) is 0. The molecule has 142 valence electrons. The van der Waals surface area contributed by atoms with Crippen molar-refractivity contribution in [3.63, 3.8) is 0 Å². The molecule has 2 fully saturated rings. The first-order chi connectivity index (χ1) is 13.8. The van der Waals surface area contributed by atoms with E-state index < -0.39 is 0 Å². The molecule has 1 saturated heterocycles. The fourth-order valence-corrected chi connectivity index (χ4v) is 3.59. The zero-order valence-electron chi connectivity index (χ0n) is 15.5. The lowest BCUT2D eigenvalue weighted by Gasteiger charge is -2.38. The molecule has 1 N–H and O–H groups in total. The highest BCUT2D eigenvalue weighted by molar-refractivity contribution is 5.76. The summed E-state index contributed by atoms with van der Waals surface area (Å²) in [6.07, 6.45) is 2.30. The van der Waals surface area contributed by atoms with Crippen LogP contribution in [0.2, 0.25) is 0 Å². The maximum Gasteiger partial charge on any atom is 0.318 e. The second kappa shape index (κ2) is 7.11. The van der Waals surface area contributed by atoms with Crippen LogP contribution in [-0.2, 0) is 0 Å². The molecule has 1 aliphatic carbocycles. The zero-order chi connectivity index (χ0) is 18.9. The van der Waals surface area contributed by atoms with E-state index in [1.165, 1.54) is 0 Å². The molecule has 2 aromatic carbocycles. The summed E-state index contributed by atoms with van der Waals surface area (Å²) < 4.78 is 5.40. The van der Waals surface area contributed by atoms with E-state index in [0.29, 0.717) is 24.9 Å². The van der Waals surface area contributed by atoms with Crippen molar-refractivity contribution in [1.29, 1.82) is 0 Å². The van der Waals surface area contributed by atoms with Gasteiger partial charge in [0.05, 0.1) is 12.0 Å². The van der Waals surface area contributed by atoms with Gasteiger partial charge in [0.25, 0.3) is 0 Å². The number of hydrogen-bond acceptors (Lipinski definition) is 4. The van der Waals surface area contributed by atoms with E-state index >= 15 is 0 Å². The average molecular weight is 374 g/mol. The van der Waals surface area contributed by atoms with Gasteiger partial charge >= 0.3 is 6.03 Å². The molecule has 0 unspecified atom stereocenters. The predicted molar refractivity (Wildman–Crippen MR) is 104 cm³/mol. The number of likely N-dealkylation sites (tertiary alicyclic amines) is 1. The molecule has 0 bridgehead atoms. The predicted octanol–water partition coefficient (Wildman–Crippen LogP) is 3.85. The normalized spacial score (nSPS) is 16.8. The lowest BCUT2D eigenvalue weighted by atomic mass is 9.98. The van der Waals surface area contributed by atoms with Crippen LogP contribution in [0.5, 0.6) is 0 Å². The quantitative estimate of drug-likeness (QED) is 0.736. The second-order valence-electron chi connectivity index (χ2n) is 7.57. The third-order valence-electron chi connectivity index (χ3n) is 5.45. The molecule has 6 heteroatoms. The van der Waals surface area contributed by atoms with Gasteiger partial charge < -0.3 is 14.7 Å². The number of urea groups is 1. The highest BCUT2D eigenvalue weighted by Gasteiger charge is 2.38. The van der Waals surface area contributed by atoms with E-state index in [-0.39, 0.29) is 18.0 Å². The first kappa shape index (κ1) is 17.0. The topological polar surface area (TPSA) is 71.3 Å². The van der Waals surface area contributed by atoms with Crippen LogP contribution in [0.25, 0.3) is 0 Å². The Balaban J connectivity index is 1.25. The van der Waals surface area contributed by atoms with Crippen molar-refractivity contribution < 1.29 is 9.32 Å². The number of hydrogen-bond donors (Lipinski definition) is 1. The molecule has 3 aromatic rings. The van der Waals surface area contributed by atoms with Crippen molar-refractivity contribution in [1.82, 2.24) is 20.4 Å². The molecule has 0 spiro atoms. The summed E-state index contributed by atoms with van der Waals surface area (Å²) in [6, 6.07) is 19.8. The molecular formula is C22H22N4O2. The molecule has 28 heavy (non-hydrogen) atoms. The Morgan fingerprint density at radius 2 is 1.57 bits per heavy atom. The molecule has 6 nitrogen and oxygen atoms in total. The van der Waals surface area contributed by atoms with Crippen molar-refractivity contribution >= 4 is 6.03 Å². The summed E-state index contributed by atoms with van der Waals surface area (Å²) in [6.45, 7) is 1.21. The van der Waals surface area contributed by atoms with Gasteiger partial charge in [-0.2, -0.15) is 4.98 Å². The van der Waals surface area contributed by atoms with Gasteiger partial charge in [0, 0.05) is 19.0 Å². The largest absolute Gasteiger partial charge is 0.339 e. The molecule has 1 aromatic heterocycles. The number of amides is 2. The van der Waals surface area contributed by atoms with Crippen LogP contribution in [-0.4, -0.2) is 34.2 Å². The van der Waals surface area contributed by atoms with Gasteiger partial charge in [-0.15, -0.1) is 0 Å². The van der Waals surface area contributed by atoms with E-state index in [2.05, 4.69) is 15.5 Å². The Morgan fingerprint density at radius 1 is 0.964 bits per heavy atom. The fourth-order valence-electron chi connectivity index (χ4n) is 3.59. The van der Waals surface area contributed by atoms with Crippen LogP contribution in [0.4, 0.5) is 4.79 Å². The van der Waals surface area contributed by atoms with Crippen LogP contribution in [0.3, 0.4) is 0 Å². The number of nitrogens with zero attached hydrogens (tertiary/aromatic N) is 3. The van der Waals surface area contributed by atoms with Crippen molar-refractivity contribution in [3.8, 4) is 0 Å². The molecule has 1 aliphatic heterocycles. The van der Waals surface area contributed by atoms with E-state index in [4.69, 9.17) is 4.52 Å². The van der Waals surface area contributed by atoms with Crippen LogP contribution in [0.1, 0.15) is 53.6 Å². The SMILES string of the molecule is O=C(NC(c1ccccc1)c1ccccc1)N1CC(c2nc(C3CC3)no2)C1. The zero-order valence-corrected chi connectivity index (χ0v) is 15.5. The third-order valence-corrected chi connectivity index (χ3v) is 5.45. The summed E-state index contributed by atoms with van der Waals surface area (Å²) >= 11 is 0. The third kappa shape index (κ3) is 3.38. The van der Waals surface area contributed by atoms with E-state index in [0.717, 1.165) is 29.8 Å². The van der Waals surface area contributed by atoms with Crippen LogP contribution >= 0.6 is 0 Å². The highest BCUT2D eigenvalue weighted by atomic mass is 16.5. The van der Waals surface area contributed by atoms with E-state index in [1.54, 1.807) is 4.90 Å². The van der Waals surface area contributed by atoms with Gasteiger partial charge in [-0.1, -0.05) is 65.8 Å². The van der Waals surface area contributed by atoms with Crippen molar-refractivity contribution in [2.24, 2.45) is 0 Å². The van der Waals surface area contributed by atoms with E-state index in [9.17, 15) is 4.79 Å². The minimum atomic E-state index is -0.182. The van der Waals surface area contributed by atoms with Gasteiger partial charge in [-0.25, -0.2) is 4.79 Å². The van der Waals surface area contributed by atoms with Gasteiger partial charge in [-0.05, 0) is 24.0 Å². The first-order valence-corrected chi connectivity index (χ1v) is 9.77. The van der Waals surface area contributed by atoms with Gasteiger partial charge in [-0.3, -0.25) is 0 Å². The maximum atomic E-state index is 12.8. The Morgan fingerprint density at radius 3 is 2.14 bits per heavy atom. The second-order valence-corrected chi connectivity index (χ2v) is 7.57. The number of carbonyl (C=O) groups is 1.